The minimum absolute atomic E-state index is 0.878. The fourth-order valence-corrected chi connectivity index (χ4v) is 3.86. The summed E-state index contributed by atoms with van der Waals surface area (Å²) in [6.45, 7) is 0. The van der Waals surface area contributed by atoms with Crippen molar-refractivity contribution in [2.75, 3.05) is 0 Å². The molecule has 0 N–H and O–H groups in total. The van der Waals surface area contributed by atoms with E-state index in [1.54, 1.807) is 0 Å². The van der Waals surface area contributed by atoms with E-state index in [-0.39, 0.29) is 0 Å². The first-order valence-electron chi connectivity index (χ1n) is 10.2. The van der Waals surface area contributed by atoms with Crippen LogP contribution < -0.4 is 5.46 Å². The van der Waals surface area contributed by atoms with Gasteiger partial charge in [-0.05, 0) is 72.4 Å². The Morgan fingerprint density at radius 1 is 0.484 bits per heavy atom. The third-order valence-corrected chi connectivity index (χ3v) is 5.40. The first kappa shape index (κ1) is 17.7. The van der Waals surface area contributed by atoms with Crippen molar-refractivity contribution in [1.82, 2.24) is 0 Å². The Balaban J connectivity index is 1.50. The van der Waals surface area contributed by atoms with Crippen LogP contribution in [-0.2, 0) is 0 Å². The van der Waals surface area contributed by atoms with Gasteiger partial charge in [0, 0.05) is 5.57 Å². The number of nitrogens with zero attached hydrogens (tertiary/aromatic N) is 4. The molecular weight excluding hydrogens is 379 g/mol. The van der Waals surface area contributed by atoms with Crippen LogP contribution >= 0.6 is 0 Å². The summed E-state index contributed by atoms with van der Waals surface area (Å²) in [5.41, 5.74) is 10.5. The van der Waals surface area contributed by atoms with E-state index >= 15 is 0 Å². The molecule has 1 aromatic carbocycles. The van der Waals surface area contributed by atoms with E-state index in [2.05, 4.69) is 43.2 Å². The molecule has 0 saturated carbocycles. The number of hydrogen-bond donors (Lipinski definition) is 0. The minimum atomic E-state index is 0.878. The topological polar surface area (TPSA) is 49.4 Å². The van der Waals surface area contributed by atoms with Crippen molar-refractivity contribution in [3.63, 3.8) is 0 Å². The van der Waals surface area contributed by atoms with Gasteiger partial charge in [-0.1, -0.05) is 29.7 Å². The molecule has 6 rings (SSSR count). The first-order chi connectivity index (χ1) is 15.2. The molecule has 0 fully saturated rings. The number of rotatable bonds is 1. The predicted octanol–water partition coefficient (Wildman–Crippen LogP) is 3.36. The number of aliphatic imine (C=N–C) groups is 4. The van der Waals surface area contributed by atoms with E-state index in [0.29, 0.717) is 0 Å². The van der Waals surface area contributed by atoms with Gasteiger partial charge in [0.2, 0.25) is 0 Å². The van der Waals surface area contributed by atoms with Crippen LogP contribution in [0.3, 0.4) is 0 Å². The van der Waals surface area contributed by atoms with Crippen molar-refractivity contribution in [2.45, 2.75) is 0 Å². The van der Waals surface area contributed by atoms with Crippen molar-refractivity contribution in [3.05, 3.63) is 119 Å². The molecule has 144 valence electrons. The van der Waals surface area contributed by atoms with E-state index in [1.807, 2.05) is 60.8 Å². The van der Waals surface area contributed by atoms with E-state index in [1.165, 1.54) is 5.46 Å². The van der Waals surface area contributed by atoms with E-state index in [0.717, 1.165) is 56.8 Å². The Morgan fingerprint density at radius 2 is 1.00 bits per heavy atom. The number of fused-ring (bicyclic) bond motifs is 4. The van der Waals surface area contributed by atoms with Gasteiger partial charge >= 0.3 is 0 Å². The molecule has 0 unspecified atom stereocenters. The molecule has 8 bridgehead atoms. The van der Waals surface area contributed by atoms with Crippen molar-refractivity contribution in [3.8, 4) is 0 Å². The first-order valence-corrected chi connectivity index (χ1v) is 10.2. The molecule has 31 heavy (non-hydrogen) atoms. The minimum Gasteiger partial charge on any atom is -0.249 e. The van der Waals surface area contributed by atoms with Crippen LogP contribution in [0.25, 0.3) is 5.57 Å². The lowest BCUT2D eigenvalue weighted by Gasteiger charge is -2.04. The molecule has 0 saturated heterocycles. The molecule has 5 heteroatoms. The second-order valence-corrected chi connectivity index (χ2v) is 7.81. The van der Waals surface area contributed by atoms with Gasteiger partial charge in [-0.3, -0.25) is 0 Å². The van der Waals surface area contributed by atoms with Crippen molar-refractivity contribution in [1.29, 1.82) is 0 Å². The average Bonchev–Trinajstić information content (AvgIpc) is 3.54. The lowest BCUT2D eigenvalue weighted by atomic mass is 9.92. The van der Waals surface area contributed by atoms with Crippen LogP contribution in [0.5, 0.6) is 0 Å². The second-order valence-electron chi connectivity index (χ2n) is 7.81. The molecule has 0 aromatic heterocycles. The zero-order chi connectivity index (χ0) is 20.8. The maximum atomic E-state index is 4.89. The van der Waals surface area contributed by atoms with Crippen LogP contribution in [-0.4, -0.2) is 30.7 Å². The Kier molecular flexibility index (Phi) is 4.00. The predicted molar refractivity (Wildman–Crippen MR) is 132 cm³/mol. The monoisotopic (exact) mass is 396 g/mol. The highest BCUT2D eigenvalue weighted by Gasteiger charge is 2.18. The smallest absolute Gasteiger partial charge is 0.139 e. The normalized spacial score (nSPS) is 20.5. The lowest BCUT2D eigenvalue weighted by molar-refractivity contribution is 1.41. The number of benzene rings is 1. The standard InChI is InChI=1S/C26H17BN4/c27-17-3-1-16(2-4-17)25-14-24-13-22-8-7-20(29-22)11-18-5-6-19(28-18)12-21-9-10-23(30-21)15-26(25)31-24/h1-15H,27H2. The quantitative estimate of drug-likeness (QED) is 0.654. The van der Waals surface area contributed by atoms with E-state index in [4.69, 9.17) is 15.0 Å². The van der Waals surface area contributed by atoms with Gasteiger partial charge in [0.25, 0.3) is 0 Å². The third kappa shape index (κ3) is 3.51. The maximum absolute atomic E-state index is 4.89. The highest BCUT2D eigenvalue weighted by Crippen LogP contribution is 2.28. The Labute approximate surface area is 181 Å². The second kappa shape index (κ2) is 6.99. The van der Waals surface area contributed by atoms with Crippen LogP contribution in [0.15, 0.2) is 134 Å². The highest BCUT2D eigenvalue weighted by molar-refractivity contribution is 6.34. The fraction of sp³-hybridized carbons (Fsp3) is 0. The summed E-state index contributed by atoms with van der Waals surface area (Å²) < 4.78 is 0. The summed E-state index contributed by atoms with van der Waals surface area (Å²) in [7, 11) is 2.10. The summed E-state index contributed by atoms with van der Waals surface area (Å²) in [5.74, 6) is 0. The Hall–Kier alpha value is -4.12. The van der Waals surface area contributed by atoms with Gasteiger partial charge in [-0.25, -0.2) is 20.0 Å². The zero-order valence-corrected chi connectivity index (χ0v) is 16.9. The molecule has 0 radical (unpaired) electrons. The summed E-state index contributed by atoms with van der Waals surface area (Å²) in [4.78, 5) is 19.0. The zero-order valence-electron chi connectivity index (χ0n) is 16.9. The molecule has 0 amide bonds. The summed E-state index contributed by atoms with van der Waals surface area (Å²) >= 11 is 0. The summed E-state index contributed by atoms with van der Waals surface area (Å²) in [6.07, 6.45) is 22.2. The summed E-state index contributed by atoms with van der Waals surface area (Å²) in [6, 6.07) is 8.53. The number of hydrogen-bond acceptors (Lipinski definition) is 4. The SMILES string of the molecule is Bc1ccc(C2=CC3=CC4=NC(=CC5=NC(=CC6=NC(=CC2=N3)C=C6)C=C5)C=C4)cc1. The van der Waals surface area contributed by atoms with E-state index in [9.17, 15) is 0 Å². The molecular formula is C26H17BN4. The fourth-order valence-electron chi connectivity index (χ4n) is 3.86. The lowest BCUT2D eigenvalue weighted by Crippen LogP contribution is -2.02. The van der Waals surface area contributed by atoms with Gasteiger partial charge in [0.1, 0.15) is 7.85 Å². The van der Waals surface area contributed by atoms with Crippen molar-refractivity contribution in [2.24, 2.45) is 20.0 Å². The van der Waals surface area contributed by atoms with Gasteiger partial charge in [-0.15, -0.1) is 0 Å². The average molecular weight is 396 g/mol. The van der Waals surface area contributed by atoms with Gasteiger partial charge in [-0.2, -0.15) is 0 Å². The molecule has 5 heterocycles. The van der Waals surface area contributed by atoms with E-state index < -0.39 is 0 Å². The van der Waals surface area contributed by atoms with Crippen molar-refractivity contribution >= 4 is 41.7 Å². The maximum Gasteiger partial charge on any atom is 0.139 e. The molecule has 5 aliphatic heterocycles. The Morgan fingerprint density at radius 3 is 1.58 bits per heavy atom. The van der Waals surface area contributed by atoms with Gasteiger partial charge in [0.15, 0.2) is 0 Å². The molecule has 4 nitrogen and oxygen atoms in total. The molecule has 5 aliphatic rings. The van der Waals surface area contributed by atoms with Crippen LogP contribution in [0.1, 0.15) is 5.56 Å². The van der Waals surface area contributed by atoms with Gasteiger partial charge in [0.05, 0.1) is 45.6 Å². The molecule has 1 aromatic rings. The molecule has 0 atom stereocenters. The van der Waals surface area contributed by atoms with Crippen molar-refractivity contribution < 1.29 is 0 Å². The third-order valence-electron chi connectivity index (χ3n) is 5.40. The summed E-state index contributed by atoms with van der Waals surface area (Å²) in [5, 5.41) is 0. The molecule has 0 spiro atoms. The van der Waals surface area contributed by atoms with Crippen LogP contribution in [0.2, 0.25) is 0 Å². The van der Waals surface area contributed by atoms with Crippen LogP contribution in [0.4, 0.5) is 0 Å². The highest BCUT2D eigenvalue weighted by atomic mass is 14.8. The Bertz CT molecular complexity index is 1400. The van der Waals surface area contributed by atoms with Gasteiger partial charge < -0.3 is 0 Å². The van der Waals surface area contributed by atoms with Crippen LogP contribution in [0, 0.1) is 0 Å². The molecule has 0 aliphatic carbocycles. The largest absolute Gasteiger partial charge is 0.249 e. The number of allylic oxidation sites excluding steroid dienone is 12.